The van der Waals surface area contributed by atoms with Crippen LogP contribution < -0.4 is 11.1 Å². The molecule has 0 spiro atoms. The van der Waals surface area contributed by atoms with Crippen LogP contribution in [0.15, 0.2) is 24.3 Å². The number of nitrogen functional groups attached to an aromatic ring is 1. The fourth-order valence-corrected chi connectivity index (χ4v) is 4.01. The van der Waals surface area contributed by atoms with Crippen molar-refractivity contribution >= 4 is 16.5 Å². The predicted octanol–water partition coefficient (Wildman–Crippen LogP) is 3.35. The molecule has 1 heterocycles. The zero-order valence-electron chi connectivity index (χ0n) is 12.0. The van der Waals surface area contributed by atoms with Crippen LogP contribution in [-0.4, -0.2) is 12.0 Å². The third-order valence-electron chi connectivity index (χ3n) is 4.29. The van der Waals surface area contributed by atoms with Gasteiger partial charge in [0, 0.05) is 16.8 Å². The summed E-state index contributed by atoms with van der Waals surface area (Å²) in [4.78, 5) is 5.42. The molecule has 0 radical (unpaired) electrons. The molecule has 22 heavy (non-hydrogen) atoms. The highest BCUT2D eigenvalue weighted by atomic mass is 32.1. The van der Waals surface area contributed by atoms with Crippen molar-refractivity contribution in [3.8, 4) is 0 Å². The number of hydrogen-bond donors (Lipinski definition) is 2. The maximum Gasteiger partial charge on any atom is 0.416 e. The van der Waals surface area contributed by atoms with E-state index in [-0.39, 0.29) is 5.54 Å². The number of rotatable bonds is 2. The second-order valence-electron chi connectivity index (χ2n) is 5.51. The highest BCUT2D eigenvalue weighted by molar-refractivity contribution is 7.15. The van der Waals surface area contributed by atoms with Crippen molar-refractivity contribution in [3.63, 3.8) is 0 Å². The minimum absolute atomic E-state index is 0.365. The number of anilines is 1. The lowest BCUT2D eigenvalue weighted by Crippen LogP contribution is -2.44. The van der Waals surface area contributed by atoms with Crippen molar-refractivity contribution < 1.29 is 13.2 Å². The number of hydrogen-bond acceptors (Lipinski definition) is 4. The molecule has 118 valence electrons. The second kappa shape index (κ2) is 5.24. The Balaban J connectivity index is 1.94. The topological polar surface area (TPSA) is 50.9 Å². The predicted molar refractivity (Wildman–Crippen MR) is 80.7 cm³/mol. The average Bonchev–Trinajstić information content (AvgIpc) is 2.85. The molecule has 3 N–H and O–H groups in total. The Morgan fingerprint density at radius 3 is 2.55 bits per heavy atom. The molecule has 0 amide bonds. The van der Waals surface area contributed by atoms with Crippen molar-refractivity contribution in [1.82, 2.24) is 10.3 Å². The minimum atomic E-state index is -4.31. The molecule has 0 bridgehead atoms. The molecule has 0 saturated carbocycles. The third-order valence-corrected chi connectivity index (χ3v) is 5.22. The van der Waals surface area contributed by atoms with Crippen LogP contribution in [0, 0.1) is 0 Å². The third kappa shape index (κ3) is 2.59. The molecule has 7 heteroatoms. The Labute approximate surface area is 130 Å². The maximum absolute atomic E-state index is 12.7. The first-order chi connectivity index (χ1) is 10.3. The normalized spacial score (nSPS) is 21.6. The van der Waals surface area contributed by atoms with Crippen LogP contribution >= 0.6 is 11.3 Å². The summed E-state index contributed by atoms with van der Waals surface area (Å²) in [6, 6.07) is 5.42. The van der Waals surface area contributed by atoms with Gasteiger partial charge in [-0.15, -0.1) is 11.3 Å². The van der Waals surface area contributed by atoms with Crippen LogP contribution in [0.1, 0.15) is 28.1 Å². The summed E-state index contributed by atoms with van der Waals surface area (Å²) in [6.07, 6.45) is -2.06. The molecule has 1 aliphatic rings. The van der Waals surface area contributed by atoms with Gasteiger partial charge in [-0.05, 0) is 37.6 Å². The number of nitrogens with zero attached hydrogens (tertiary/aromatic N) is 1. The number of thiazole rings is 1. The number of alkyl halides is 3. The maximum atomic E-state index is 12.7. The van der Waals surface area contributed by atoms with E-state index in [2.05, 4.69) is 10.3 Å². The van der Waals surface area contributed by atoms with E-state index in [4.69, 9.17) is 5.73 Å². The van der Waals surface area contributed by atoms with E-state index < -0.39 is 11.7 Å². The fourth-order valence-electron chi connectivity index (χ4n) is 3.01. The van der Waals surface area contributed by atoms with Crippen molar-refractivity contribution in [1.29, 1.82) is 0 Å². The molecule has 1 aromatic carbocycles. The summed E-state index contributed by atoms with van der Waals surface area (Å²) < 4.78 is 38.1. The zero-order chi connectivity index (χ0) is 16.0. The highest BCUT2D eigenvalue weighted by Gasteiger charge is 2.37. The first-order valence-electron chi connectivity index (χ1n) is 6.95. The number of likely N-dealkylation sites (N-methyl/N-ethyl adjacent to an activating group) is 1. The summed E-state index contributed by atoms with van der Waals surface area (Å²) >= 11 is 1.46. The van der Waals surface area contributed by atoms with Crippen molar-refractivity contribution in [2.75, 3.05) is 12.8 Å². The molecule has 0 aliphatic heterocycles. The van der Waals surface area contributed by atoms with Gasteiger partial charge in [-0.2, -0.15) is 13.2 Å². The monoisotopic (exact) mass is 327 g/mol. The van der Waals surface area contributed by atoms with E-state index in [0.29, 0.717) is 11.6 Å². The molecule has 0 fully saturated rings. The fraction of sp³-hybridized carbons (Fsp3) is 0.400. The average molecular weight is 327 g/mol. The van der Waals surface area contributed by atoms with Gasteiger partial charge in [0.25, 0.3) is 0 Å². The van der Waals surface area contributed by atoms with Gasteiger partial charge in [-0.3, -0.25) is 0 Å². The van der Waals surface area contributed by atoms with Gasteiger partial charge >= 0.3 is 6.18 Å². The van der Waals surface area contributed by atoms with E-state index in [1.807, 2.05) is 7.05 Å². The molecule has 0 saturated heterocycles. The number of aryl methyl sites for hydroxylation is 1. The molecule has 1 aromatic heterocycles. The van der Waals surface area contributed by atoms with Crippen LogP contribution in [0.5, 0.6) is 0 Å². The van der Waals surface area contributed by atoms with Crippen LogP contribution in [0.25, 0.3) is 0 Å². The first-order valence-corrected chi connectivity index (χ1v) is 7.76. The Kier molecular flexibility index (Phi) is 3.65. The number of nitrogens with two attached hydrogens (primary N) is 1. The Bertz CT molecular complexity index is 678. The van der Waals surface area contributed by atoms with E-state index in [1.54, 1.807) is 12.1 Å². The Morgan fingerprint density at radius 2 is 1.95 bits per heavy atom. The Hall–Kier alpha value is -1.60. The zero-order valence-corrected chi connectivity index (χ0v) is 12.8. The number of aromatic nitrogens is 1. The van der Waals surface area contributed by atoms with E-state index in [1.165, 1.54) is 11.3 Å². The molecule has 2 aromatic rings. The van der Waals surface area contributed by atoms with E-state index >= 15 is 0 Å². The SMILES string of the molecule is CNC1(c2ccc(C(F)(F)F)cc2)CCc2nc(N)sc2C1. The highest BCUT2D eigenvalue weighted by Crippen LogP contribution is 2.40. The summed E-state index contributed by atoms with van der Waals surface area (Å²) in [5.74, 6) is 0. The van der Waals surface area contributed by atoms with Crippen LogP contribution in [0.2, 0.25) is 0 Å². The molecule has 3 nitrogen and oxygen atoms in total. The minimum Gasteiger partial charge on any atom is -0.375 e. The second-order valence-corrected chi connectivity index (χ2v) is 6.62. The van der Waals surface area contributed by atoms with Gasteiger partial charge in [-0.1, -0.05) is 12.1 Å². The molecule has 3 rings (SSSR count). The number of nitrogens with one attached hydrogen (secondary N) is 1. The summed E-state index contributed by atoms with van der Waals surface area (Å²) in [6.45, 7) is 0. The molecular weight excluding hydrogens is 311 g/mol. The van der Waals surface area contributed by atoms with Gasteiger partial charge in [-0.25, -0.2) is 4.98 Å². The van der Waals surface area contributed by atoms with Crippen molar-refractivity contribution in [3.05, 3.63) is 46.0 Å². The largest absolute Gasteiger partial charge is 0.416 e. The van der Waals surface area contributed by atoms with Gasteiger partial charge in [0.1, 0.15) is 0 Å². The van der Waals surface area contributed by atoms with Crippen molar-refractivity contribution in [2.45, 2.75) is 31.0 Å². The van der Waals surface area contributed by atoms with Gasteiger partial charge in [0.2, 0.25) is 0 Å². The van der Waals surface area contributed by atoms with Crippen molar-refractivity contribution in [2.24, 2.45) is 0 Å². The number of halogens is 3. The smallest absolute Gasteiger partial charge is 0.375 e. The summed E-state index contributed by atoms with van der Waals surface area (Å²) in [5, 5.41) is 3.84. The van der Waals surface area contributed by atoms with Gasteiger partial charge < -0.3 is 11.1 Å². The quantitative estimate of drug-likeness (QED) is 0.889. The Morgan fingerprint density at radius 1 is 1.27 bits per heavy atom. The van der Waals surface area contributed by atoms with Crippen LogP contribution in [-0.2, 0) is 24.6 Å². The summed E-state index contributed by atoms with van der Waals surface area (Å²) in [5.41, 5.74) is 6.64. The number of fused-ring (bicyclic) bond motifs is 1. The van der Waals surface area contributed by atoms with Gasteiger partial charge in [0.05, 0.1) is 11.3 Å². The molecule has 1 aliphatic carbocycles. The summed E-state index contributed by atoms with van der Waals surface area (Å²) in [7, 11) is 1.84. The standard InChI is InChI=1S/C15H16F3N3S/c1-20-14(7-6-11-12(8-14)22-13(19)21-11)9-2-4-10(5-3-9)15(16,17)18/h2-5,20H,6-8H2,1H3,(H2,19,21). The lowest BCUT2D eigenvalue weighted by atomic mass is 9.77. The van der Waals surface area contributed by atoms with Gasteiger partial charge in [0.15, 0.2) is 5.13 Å². The van der Waals surface area contributed by atoms with Crippen LogP contribution in [0.3, 0.4) is 0 Å². The lowest BCUT2D eigenvalue weighted by molar-refractivity contribution is -0.137. The molecule has 1 unspecified atom stereocenters. The van der Waals surface area contributed by atoms with E-state index in [0.717, 1.165) is 41.1 Å². The first kappa shape index (κ1) is 15.3. The molecular formula is C15H16F3N3S. The lowest BCUT2D eigenvalue weighted by Gasteiger charge is -2.37. The number of benzene rings is 1. The van der Waals surface area contributed by atoms with E-state index in [9.17, 15) is 13.2 Å². The molecule has 1 atom stereocenters. The van der Waals surface area contributed by atoms with Crippen LogP contribution in [0.4, 0.5) is 18.3 Å².